The lowest BCUT2D eigenvalue weighted by atomic mass is 10.1. The van der Waals surface area contributed by atoms with Crippen LogP contribution < -0.4 is 31.4 Å². The molecule has 0 radical (unpaired) electrons. The number of fused-ring (bicyclic) bond motifs is 3. The van der Waals surface area contributed by atoms with Gasteiger partial charge < -0.3 is 47.3 Å². The van der Waals surface area contributed by atoms with E-state index in [4.69, 9.17) is 40.4 Å². The molecule has 0 aliphatic heterocycles. The van der Waals surface area contributed by atoms with Gasteiger partial charge in [0, 0.05) is 57.9 Å². The molecule has 12 aromatic rings. The molecular formula is C71H68BrCl2F8N15O6S3. The minimum Gasteiger partial charge on any atom is -0.412 e. The van der Waals surface area contributed by atoms with E-state index in [-0.39, 0.29) is 55.1 Å². The highest BCUT2D eigenvalue weighted by molar-refractivity contribution is 9.10. The second-order valence-electron chi connectivity index (χ2n) is 25.0. The van der Waals surface area contributed by atoms with Gasteiger partial charge in [0.1, 0.15) is 81.8 Å². The Morgan fingerprint density at radius 3 is 1.18 bits per heavy atom. The zero-order valence-corrected chi connectivity index (χ0v) is 61.4. The van der Waals surface area contributed by atoms with Crippen molar-refractivity contribution in [1.82, 2.24) is 43.6 Å². The molecule has 0 amide bonds. The van der Waals surface area contributed by atoms with Gasteiger partial charge in [-0.15, -0.1) is 0 Å². The highest BCUT2D eigenvalue weighted by Gasteiger charge is 2.34. The van der Waals surface area contributed by atoms with Gasteiger partial charge >= 0.3 is 6.18 Å². The van der Waals surface area contributed by atoms with E-state index in [2.05, 4.69) is 73.7 Å². The van der Waals surface area contributed by atoms with Crippen LogP contribution in [-0.2, 0) is 39.1 Å². The number of rotatable bonds is 15. The van der Waals surface area contributed by atoms with Gasteiger partial charge in [0.25, 0.3) is 0 Å². The molecule has 3 saturated carbocycles. The zero-order chi connectivity index (χ0) is 72.7. The molecule has 3 fully saturated rings. The maximum Gasteiger partial charge on any atom is 0.416 e. The van der Waals surface area contributed by atoms with Crippen LogP contribution in [0, 0.1) is 36.0 Å². The van der Waals surface area contributed by atoms with Crippen LogP contribution in [0.3, 0.4) is 0 Å². The summed E-state index contributed by atoms with van der Waals surface area (Å²) < 4.78 is 164. The molecule has 0 saturated heterocycles. The fourth-order valence-electron chi connectivity index (χ4n) is 13.4. The first-order valence-electron chi connectivity index (χ1n) is 32.4. The molecule has 6 aromatic carbocycles. The number of benzene rings is 6. The van der Waals surface area contributed by atoms with Gasteiger partial charge in [-0.1, -0.05) is 95.9 Å². The van der Waals surface area contributed by atoms with Crippen molar-refractivity contribution in [2.24, 2.45) is 0 Å². The number of nitrogen functional groups attached to an aromatic ring is 3. The number of alkyl halides is 3. The van der Waals surface area contributed by atoms with E-state index in [0.29, 0.717) is 90.6 Å². The molecule has 0 spiro atoms. The number of hydrogen-bond acceptors (Lipinski definition) is 12. The van der Waals surface area contributed by atoms with Gasteiger partial charge in [0.15, 0.2) is 33.6 Å². The van der Waals surface area contributed by atoms with Crippen molar-refractivity contribution in [2.45, 2.75) is 123 Å². The molecule has 3 aliphatic carbocycles. The summed E-state index contributed by atoms with van der Waals surface area (Å²) in [4.78, 5) is 26.0. The van der Waals surface area contributed by atoms with E-state index in [1.807, 2.05) is 37.6 Å². The second-order valence-corrected chi connectivity index (χ2v) is 30.3. The molecule has 558 valence electrons. The van der Waals surface area contributed by atoms with Crippen LogP contribution in [0.5, 0.6) is 0 Å². The Morgan fingerprint density at radius 2 is 0.830 bits per heavy atom. The lowest BCUT2D eigenvalue weighted by Gasteiger charge is -2.13. The van der Waals surface area contributed by atoms with Gasteiger partial charge in [0.05, 0.1) is 63.5 Å². The van der Waals surface area contributed by atoms with Crippen molar-refractivity contribution in [1.29, 1.82) is 0 Å². The van der Waals surface area contributed by atoms with E-state index >= 15 is 8.78 Å². The number of aryl methyl sites for hydroxylation is 1. The van der Waals surface area contributed by atoms with Crippen molar-refractivity contribution in [3.05, 3.63) is 195 Å². The quantitative estimate of drug-likeness (QED) is 0.0522. The summed E-state index contributed by atoms with van der Waals surface area (Å²) in [5.74, 6) is -3.11. The number of anilines is 6. The SMILES string of the molecule is Cc1cc(Br)ccc1S(=O)Nc1ccc(-c2cn(C3CCCC3)c3ncnc(N)c23)cc1F.Nc1ncnc2c1c(-c1ccc(NS(=O)c3c(Cl)cc(C(F)(F)F)cc3Cl)c(F)c1)cn2C1CCCC1.Nc1ncnc2c1c(-c1ccc(NS(=O)c3ccc(F)c(F)c3)c(F)c1)cn2C1CCCC1.O.O.O. The van der Waals surface area contributed by atoms with Crippen LogP contribution in [0.1, 0.15) is 106 Å². The molecule has 3 unspecified atom stereocenters. The average molecular weight is 1630 g/mol. The fraction of sp³-hybridized carbons (Fsp3) is 0.239. The van der Waals surface area contributed by atoms with E-state index in [0.717, 1.165) is 103 Å². The number of nitrogens with zero attached hydrogens (tertiary/aromatic N) is 9. The van der Waals surface area contributed by atoms with Gasteiger partial charge in [0.2, 0.25) is 0 Å². The second kappa shape index (κ2) is 33.3. The van der Waals surface area contributed by atoms with Crippen molar-refractivity contribution >= 4 is 140 Å². The maximum absolute atomic E-state index is 15.2. The van der Waals surface area contributed by atoms with E-state index in [9.17, 15) is 39.0 Å². The monoisotopic (exact) mass is 1620 g/mol. The summed E-state index contributed by atoms with van der Waals surface area (Å²) in [6, 6.07) is 24.0. The Hall–Kier alpha value is -9.19. The third-order valence-electron chi connectivity index (χ3n) is 18.5. The van der Waals surface area contributed by atoms with E-state index < -0.39 is 83.8 Å². The lowest BCUT2D eigenvalue weighted by molar-refractivity contribution is -0.137. The smallest absolute Gasteiger partial charge is 0.412 e. The normalized spacial score (nSPS) is 14.9. The Balaban J connectivity index is 0.000000168. The largest absolute Gasteiger partial charge is 0.416 e. The number of nitrogens with one attached hydrogen (secondary N) is 3. The van der Waals surface area contributed by atoms with Gasteiger partial charge in [-0.3, -0.25) is 14.2 Å². The Kier molecular flexibility index (Phi) is 24.9. The average Bonchev–Trinajstić information content (AvgIpc) is 1.61. The number of aromatic nitrogens is 9. The summed E-state index contributed by atoms with van der Waals surface area (Å²) in [5.41, 5.74) is 24.3. The first-order valence-corrected chi connectivity index (χ1v) is 37.4. The number of nitrogens with two attached hydrogens (primary N) is 3. The van der Waals surface area contributed by atoms with Crippen LogP contribution >= 0.6 is 39.1 Å². The van der Waals surface area contributed by atoms with Crippen LogP contribution in [0.15, 0.2) is 160 Å². The van der Waals surface area contributed by atoms with Crippen molar-refractivity contribution < 1.29 is 64.2 Å². The summed E-state index contributed by atoms with van der Waals surface area (Å²) >= 11 is 15.3. The summed E-state index contributed by atoms with van der Waals surface area (Å²) in [5, 5.41) is 1.09. The third-order valence-corrected chi connectivity index (χ3v) is 23.4. The van der Waals surface area contributed by atoms with Gasteiger partial charge in [-0.25, -0.2) is 64.5 Å². The first kappa shape index (κ1) is 79.4. The number of halogens is 11. The molecule has 15 N–H and O–H groups in total. The molecule has 6 aromatic heterocycles. The van der Waals surface area contributed by atoms with Crippen LogP contribution in [-0.4, -0.2) is 72.7 Å². The Labute approximate surface area is 626 Å². The Morgan fingerprint density at radius 1 is 0.462 bits per heavy atom. The zero-order valence-electron chi connectivity index (χ0n) is 55.9. The molecular weight excluding hydrogens is 1560 g/mol. The van der Waals surface area contributed by atoms with Crippen molar-refractivity contribution in [3.8, 4) is 33.4 Å². The molecule has 21 nitrogen and oxygen atoms in total. The van der Waals surface area contributed by atoms with Gasteiger partial charge in [-0.2, -0.15) is 13.2 Å². The molecule has 15 rings (SSSR count). The minimum atomic E-state index is -4.68. The minimum absolute atomic E-state index is 0. The topological polar surface area (TPSA) is 352 Å². The predicted octanol–water partition coefficient (Wildman–Crippen LogP) is 16.4. The molecule has 3 aliphatic rings. The summed E-state index contributed by atoms with van der Waals surface area (Å²) in [6.45, 7) is 1.87. The summed E-state index contributed by atoms with van der Waals surface area (Å²) in [6.07, 6.45) is 18.6. The van der Waals surface area contributed by atoms with Crippen LogP contribution in [0.4, 0.5) is 69.6 Å². The fourth-order valence-corrected chi connectivity index (χ4v) is 17.7. The maximum atomic E-state index is 15.2. The highest BCUT2D eigenvalue weighted by Crippen LogP contribution is 2.45. The highest BCUT2D eigenvalue weighted by atomic mass is 79.9. The summed E-state index contributed by atoms with van der Waals surface area (Å²) in [7, 11) is -5.82. The van der Waals surface area contributed by atoms with Crippen molar-refractivity contribution in [3.63, 3.8) is 0 Å². The molecule has 3 atom stereocenters. The van der Waals surface area contributed by atoms with E-state index in [1.165, 1.54) is 68.2 Å². The van der Waals surface area contributed by atoms with Crippen molar-refractivity contribution in [2.75, 3.05) is 31.4 Å². The van der Waals surface area contributed by atoms with Gasteiger partial charge in [-0.05, 0) is 153 Å². The molecule has 6 heterocycles. The molecule has 0 bridgehead atoms. The first-order chi connectivity index (χ1) is 49.4. The Bertz CT molecular complexity index is 5330. The van der Waals surface area contributed by atoms with Crippen LogP contribution in [0.25, 0.3) is 66.5 Å². The molecule has 35 heteroatoms. The number of hydrogen-bond donors (Lipinski definition) is 6. The molecule has 106 heavy (non-hydrogen) atoms. The van der Waals surface area contributed by atoms with E-state index in [1.54, 1.807) is 30.3 Å². The lowest BCUT2D eigenvalue weighted by Crippen LogP contribution is -2.10. The van der Waals surface area contributed by atoms with Crippen LogP contribution in [0.2, 0.25) is 10.0 Å². The standard InChI is InChI=1S/C24H23BrFN5OS.C24H19Cl2F4N5OS.C23H20F3N5OS.3H2O/c1-14-10-16(25)7-9-21(14)33(32)30-20-8-6-15(11-19(20)26)18-12-31(17-4-2-3-5-17)24-22(18)23(27)28-13-29-24;25-16-8-13(24(28,29)30)9-17(26)21(16)37(36)34-19-6-5-12(7-18(19)27)15-10-35(14-3-1-2-4-14)23-20(15)22(31)32-11-33-23;24-17-7-6-15(10-18(17)25)33(32)30-20-8-5-13(9-19(20)26)16-11-31(14-3-1-2-4-14)23-21(16)22(27)28-12-29-23;;;/h6-13,17,30H,2-5H2,1H3,(H2,27,28,29);5-11,14,34H,1-4H2,(H2,31,32,33);5-12,14,30H,1-4H2,(H2,27,28,29);3*1H2. The predicted molar refractivity (Wildman–Crippen MR) is 402 cm³/mol. The third kappa shape index (κ3) is 16.5.